The lowest BCUT2D eigenvalue weighted by Crippen LogP contribution is -2.27. The van der Waals surface area contributed by atoms with Gasteiger partial charge in [-0.1, -0.05) is 6.07 Å². The third-order valence-corrected chi connectivity index (χ3v) is 4.15. The number of amides is 1. The summed E-state index contributed by atoms with van der Waals surface area (Å²) in [5.41, 5.74) is 0.560. The maximum atomic E-state index is 12.4. The molecule has 134 valence electrons. The summed E-state index contributed by atoms with van der Waals surface area (Å²) in [5.74, 6) is 0.527. The Bertz CT molecular complexity index is 778. The molecule has 2 rings (SSSR count). The molecule has 0 saturated heterocycles. The van der Waals surface area contributed by atoms with Crippen LogP contribution in [-0.2, 0) is 11.2 Å². The van der Waals surface area contributed by atoms with Gasteiger partial charge in [0.2, 0.25) is 0 Å². The molecule has 0 fully saturated rings. The van der Waals surface area contributed by atoms with Crippen molar-refractivity contribution < 1.29 is 19.1 Å². The molecule has 6 nitrogen and oxygen atoms in total. The van der Waals surface area contributed by atoms with Crippen LogP contribution in [0.3, 0.4) is 0 Å². The summed E-state index contributed by atoms with van der Waals surface area (Å²) in [6.45, 7) is 7.21. The van der Waals surface area contributed by atoms with Crippen molar-refractivity contribution in [3.05, 3.63) is 39.8 Å². The van der Waals surface area contributed by atoms with Crippen LogP contribution in [0.15, 0.2) is 24.4 Å². The number of benzene rings is 1. The highest BCUT2D eigenvalue weighted by Crippen LogP contribution is 2.25. The van der Waals surface area contributed by atoms with Gasteiger partial charge >= 0.3 is 6.09 Å². The summed E-state index contributed by atoms with van der Waals surface area (Å²) in [6.07, 6.45) is 1.15. The van der Waals surface area contributed by atoms with Gasteiger partial charge < -0.3 is 9.47 Å². The zero-order valence-electron chi connectivity index (χ0n) is 15.0. The van der Waals surface area contributed by atoms with E-state index >= 15 is 0 Å². The van der Waals surface area contributed by atoms with Crippen molar-refractivity contribution in [1.82, 2.24) is 4.98 Å². The van der Waals surface area contributed by atoms with E-state index in [-0.39, 0.29) is 12.2 Å². The van der Waals surface area contributed by atoms with E-state index in [2.05, 4.69) is 10.3 Å². The number of carbonyl (C=O) groups excluding carboxylic acids is 2. The summed E-state index contributed by atoms with van der Waals surface area (Å²) in [5, 5.41) is 3.54. The number of aromatic nitrogens is 1. The topological polar surface area (TPSA) is 77.5 Å². The van der Waals surface area contributed by atoms with Gasteiger partial charge in [-0.2, -0.15) is 0 Å². The average Bonchev–Trinajstić information content (AvgIpc) is 2.93. The Balaban J connectivity index is 2.22. The second kappa shape index (κ2) is 7.65. The van der Waals surface area contributed by atoms with Crippen molar-refractivity contribution in [2.45, 2.75) is 39.7 Å². The van der Waals surface area contributed by atoms with Gasteiger partial charge in [0, 0.05) is 18.7 Å². The Morgan fingerprint density at radius 3 is 2.56 bits per heavy atom. The number of carbonyl (C=O) groups is 2. The van der Waals surface area contributed by atoms with Crippen LogP contribution in [0.2, 0.25) is 0 Å². The lowest BCUT2D eigenvalue weighted by molar-refractivity contribution is 0.0635. The van der Waals surface area contributed by atoms with Crippen molar-refractivity contribution in [2.75, 3.05) is 12.4 Å². The van der Waals surface area contributed by atoms with E-state index in [1.54, 1.807) is 45.2 Å². The summed E-state index contributed by atoms with van der Waals surface area (Å²) in [4.78, 5) is 29.2. The molecule has 1 aromatic carbocycles. The SMILES string of the molecule is COc1ccc(CC(=O)c2cnc(C)s2)c(NC(=O)OC(C)(C)C)c1. The number of methoxy groups -OCH3 is 1. The molecule has 25 heavy (non-hydrogen) atoms. The lowest BCUT2D eigenvalue weighted by Gasteiger charge is -2.20. The molecule has 0 atom stereocenters. The van der Waals surface area contributed by atoms with Gasteiger partial charge in [-0.3, -0.25) is 10.1 Å². The zero-order valence-corrected chi connectivity index (χ0v) is 15.8. The van der Waals surface area contributed by atoms with Crippen molar-refractivity contribution in [2.24, 2.45) is 0 Å². The molecule has 2 aromatic rings. The number of hydrogen-bond acceptors (Lipinski definition) is 6. The first-order valence-corrected chi connectivity index (χ1v) is 8.62. The number of ether oxygens (including phenoxy) is 2. The molecule has 0 spiro atoms. The molecule has 0 bridgehead atoms. The predicted molar refractivity (Wildman–Crippen MR) is 97.7 cm³/mol. The van der Waals surface area contributed by atoms with Gasteiger partial charge in [-0.25, -0.2) is 9.78 Å². The van der Waals surface area contributed by atoms with Crippen LogP contribution in [0.4, 0.5) is 10.5 Å². The molecule has 1 amide bonds. The normalized spacial score (nSPS) is 11.1. The maximum absolute atomic E-state index is 12.4. The Hall–Kier alpha value is -2.41. The van der Waals surface area contributed by atoms with E-state index in [1.807, 2.05) is 6.92 Å². The van der Waals surface area contributed by atoms with Crippen LogP contribution < -0.4 is 10.1 Å². The third-order valence-electron chi connectivity index (χ3n) is 3.20. The number of nitrogens with zero attached hydrogens (tertiary/aromatic N) is 1. The van der Waals surface area contributed by atoms with Gasteiger partial charge in [0.1, 0.15) is 11.4 Å². The Morgan fingerprint density at radius 1 is 1.28 bits per heavy atom. The molecular weight excluding hydrogens is 340 g/mol. The van der Waals surface area contributed by atoms with E-state index in [0.717, 1.165) is 5.01 Å². The first-order chi connectivity index (χ1) is 11.7. The molecule has 0 unspecified atom stereocenters. The van der Waals surface area contributed by atoms with E-state index < -0.39 is 11.7 Å². The minimum Gasteiger partial charge on any atom is -0.497 e. The minimum absolute atomic E-state index is 0.0528. The molecule has 7 heteroatoms. The van der Waals surface area contributed by atoms with Crippen LogP contribution in [0.25, 0.3) is 0 Å². The fourth-order valence-corrected chi connectivity index (χ4v) is 2.83. The zero-order chi connectivity index (χ0) is 18.6. The Labute approximate surface area is 151 Å². The van der Waals surface area contributed by atoms with Crippen LogP contribution in [0.1, 0.15) is 41.0 Å². The van der Waals surface area contributed by atoms with Gasteiger partial charge in [0.05, 0.1) is 22.7 Å². The summed E-state index contributed by atoms with van der Waals surface area (Å²) in [7, 11) is 1.54. The monoisotopic (exact) mass is 362 g/mol. The van der Waals surface area contributed by atoms with Crippen LogP contribution in [0.5, 0.6) is 5.75 Å². The summed E-state index contributed by atoms with van der Waals surface area (Å²) >= 11 is 1.35. The second-order valence-electron chi connectivity index (χ2n) is 6.49. The number of rotatable bonds is 5. The van der Waals surface area contributed by atoms with E-state index in [4.69, 9.17) is 9.47 Å². The first-order valence-electron chi connectivity index (χ1n) is 7.80. The summed E-state index contributed by atoms with van der Waals surface area (Å²) in [6, 6.07) is 5.18. The van der Waals surface area contributed by atoms with E-state index in [0.29, 0.717) is 21.9 Å². The highest BCUT2D eigenvalue weighted by molar-refractivity contribution is 7.13. The quantitative estimate of drug-likeness (QED) is 0.805. The lowest BCUT2D eigenvalue weighted by atomic mass is 10.1. The smallest absolute Gasteiger partial charge is 0.412 e. The predicted octanol–water partition coefficient (Wildman–Crippen LogP) is 4.23. The highest BCUT2D eigenvalue weighted by atomic mass is 32.1. The van der Waals surface area contributed by atoms with Crippen molar-refractivity contribution >= 4 is 28.9 Å². The maximum Gasteiger partial charge on any atom is 0.412 e. The molecule has 1 aromatic heterocycles. The molecule has 0 aliphatic carbocycles. The van der Waals surface area contributed by atoms with Gasteiger partial charge in [-0.15, -0.1) is 11.3 Å². The molecule has 1 N–H and O–H groups in total. The molecular formula is C18H22N2O4S. The number of Topliss-reactive ketones (excluding diaryl/α,β-unsaturated/α-hetero) is 1. The number of anilines is 1. The first kappa shape index (κ1) is 18.9. The van der Waals surface area contributed by atoms with Gasteiger partial charge in [0.15, 0.2) is 5.78 Å². The van der Waals surface area contributed by atoms with Crippen LogP contribution >= 0.6 is 11.3 Å². The van der Waals surface area contributed by atoms with Crippen LogP contribution in [-0.4, -0.2) is 29.6 Å². The van der Waals surface area contributed by atoms with Crippen molar-refractivity contribution in [1.29, 1.82) is 0 Å². The van der Waals surface area contributed by atoms with E-state index in [1.165, 1.54) is 18.4 Å². The Kier molecular flexibility index (Phi) is 5.79. The number of thiazole rings is 1. The van der Waals surface area contributed by atoms with Crippen LogP contribution in [0, 0.1) is 6.92 Å². The van der Waals surface area contributed by atoms with Crippen molar-refractivity contribution in [3.8, 4) is 5.75 Å². The molecule has 0 aliphatic heterocycles. The fraction of sp³-hybridized carbons (Fsp3) is 0.389. The molecule has 0 saturated carbocycles. The number of ketones is 1. The van der Waals surface area contributed by atoms with Gasteiger partial charge in [0.25, 0.3) is 0 Å². The molecule has 0 aliphatic rings. The fourth-order valence-electron chi connectivity index (χ4n) is 2.12. The average molecular weight is 362 g/mol. The van der Waals surface area contributed by atoms with Crippen molar-refractivity contribution in [3.63, 3.8) is 0 Å². The standard InChI is InChI=1S/C18H22N2O4S/c1-11-19-10-16(25-11)15(21)8-12-6-7-13(23-5)9-14(12)20-17(22)24-18(2,3)4/h6-7,9-10H,8H2,1-5H3,(H,20,22). The Morgan fingerprint density at radius 2 is 2.00 bits per heavy atom. The third kappa shape index (κ3) is 5.56. The highest BCUT2D eigenvalue weighted by Gasteiger charge is 2.19. The summed E-state index contributed by atoms with van der Waals surface area (Å²) < 4.78 is 10.5. The minimum atomic E-state index is -0.612. The van der Waals surface area contributed by atoms with E-state index in [9.17, 15) is 9.59 Å². The van der Waals surface area contributed by atoms with Gasteiger partial charge in [-0.05, 0) is 39.3 Å². The number of nitrogens with one attached hydrogen (secondary N) is 1. The second-order valence-corrected chi connectivity index (χ2v) is 7.73. The molecule has 1 heterocycles. The largest absolute Gasteiger partial charge is 0.497 e. The molecule has 0 radical (unpaired) electrons. The number of hydrogen-bond donors (Lipinski definition) is 1. The number of aryl methyl sites for hydroxylation is 1.